The van der Waals surface area contributed by atoms with Gasteiger partial charge < -0.3 is 4.74 Å². The van der Waals surface area contributed by atoms with Crippen LogP contribution in [0.2, 0.25) is 0 Å². The molecule has 4 nitrogen and oxygen atoms in total. The van der Waals surface area contributed by atoms with Crippen LogP contribution in [-0.4, -0.2) is 17.7 Å². The van der Waals surface area contributed by atoms with Crippen LogP contribution in [0.5, 0.6) is 0 Å². The first-order valence-corrected chi connectivity index (χ1v) is 7.51. The molecular formula is C18H18N2O2. The number of carbonyl (C=O) groups excluding carboxylic acids is 1. The van der Waals surface area contributed by atoms with E-state index < -0.39 is 6.09 Å². The number of benzene rings is 2. The van der Waals surface area contributed by atoms with E-state index in [1.165, 1.54) is 0 Å². The molecule has 0 spiro atoms. The number of fused-ring (bicyclic) bond motifs is 2. The summed E-state index contributed by atoms with van der Waals surface area (Å²) in [6.07, 6.45) is 1.44. The molecule has 0 radical (unpaired) electrons. The van der Waals surface area contributed by atoms with Crippen molar-refractivity contribution in [3.05, 3.63) is 48.5 Å². The Bertz CT molecular complexity index is 760. The van der Waals surface area contributed by atoms with Crippen molar-refractivity contribution in [2.75, 3.05) is 11.9 Å². The zero-order chi connectivity index (χ0) is 15.4. The number of anilines is 1. The van der Waals surface area contributed by atoms with Crippen LogP contribution in [0, 0.1) is 0 Å². The molecule has 0 saturated carbocycles. The molecule has 0 atom stereocenters. The first-order chi connectivity index (χ1) is 10.8. The number of nitrogens with one attached hydrogen (secondary N) is 1. The number of amides is 1. The summed E-state index contributed by atoms with van der Waals surface area (Å²) < 4.78 is 5.21. The van der Waals surface area contributed by atoms with Gasteiger partial charge in [-0.15, -0.1) is 0 Å². The van der Waals surface area contributed by atoms with Crippen molar-refractivity contribution in [1.29, 1.82) is 0 Å². The molecule has 0 saturated heterocycles. The van der Waals surface area contributed by atoms with Gasteiger partial charge in [0.25, 0.3) is 0 Å². The molecule has 1 amide bonds. The van der Waals surface area contributed by atoms with Gasteiger partial charge in [-0.3, -0.25) is 5.32 Å². The maximum absolute atomic E-state index is 12.0. The van der Waals surface area contributed by atoms with Crippen molar-refractivity contribution in [1.82, 2.24) is 4.98 Å². The third-order valence-electron chi connectivity index (χ3n) is 3.55. The third kappa shape index (κ3) is 2.86. The second-order valence-electron chi connectivity index (χ2n) is 5.14. The van der Waals surface area contributed by atoms with Gasteiger partial charge in [0.2, 0.25) is 0 Å². The molecule has 1 aromatic heterocycles. The predicted octanol–water partition coefficient (Wildman–Crippen LogP) is 4.74. The van der Waals surface area contributed by atoms with E-state index in [0.717, 1.165) is 40.3 Å². The van der Waals surface area contributed by atoms with Gasteiger partial charge in [0.05, 0.1) is 23.3 Å². The Morgan fingerprint density at radius 3 is 2.23 bits per heavy atom. The molecule has 0 bridgehead atoms. The number of aromatic nitrogens is 1. The summed E-state index contributed by atoms with van der Waals surface area (Å²) in [5.74, 6) is 0. The zero-order valence-corrected chi connectivity index (χ0v) is 12.5. The Kier molecular flexibility index (Phi) is 4.19. The van der Waals surface area contributed by atoms with Crippen molar-refractivity contribution < 1.29 is 9.53 Å². The van der Waals surface area contributed by atoms with Gasteiger partial charge in [-0.1, -0.05) is 49.7 Å². The molecule has 0 aliphatic heterocycles. The summed E-state index contributed by atoms with van der Waals surface area (Å²) in [4.78, 5) is 16.6. The first-order valence-electron chi connectivity index (χ1n) is 7.51. The molecule has 112 valence electrons. The van der Waals surface area contributed by atoms with E-state index in [-0.39, 0.29) is 0 Å². The summed E-state index contributed by atoms with van der Waals surface area (Å²) in [7, 11) is 0. The van der Waals surface area contributed by atoms with Crippen LogP contribution >= 0.6 is 0 Å². The normalized spacial score (nSPS) is 10.8. The molecule has 2 aromatic carbocycles. The molecule has 0 aliphatic carbocycles. The van der Waals surface area contributed by atoms with Crippen LogP contribution in [0.1, 0.15) is 19.8 Å². The van der Waals surface area contributed by atoms with Gasteiger partial charge in [0.15, 0.2) is 0 Å². The van der Waals surface area contributed by atoms with Crippen molar-refractivity contribution in [3.8, 4) is 0 Å². The van der Waals surface area contributed by atoms with Crippen molar-refractivity contribution in [3.63, 3.8) is 0 Å². The highest BCUT2D eigenvalue weighted by Gasteiger charge is 2.11. The number of nitrogens with zero attached hydrogens (tertiary/aromatic N) is 1. The second-order valence-corrected chi connectivity index (χ2v) is 5.14. The number of hydrogen-bond acceptors (Lipinski definition) is 3. The minimum Gasteiger partial charge on any atom is -0.449 e. The topological polar surface area (TPSA) is 51.2 Å². The van der Waals surface area contributed by atoms with Crippen LogP contribution in [0.3, 0.4) is 0 Å². The Balaban J connectivity index is 2.02. The van der Waals surface area contributed by atoms with E-state index >= 15 is 0 Å². The van der Waals surface area contributed by atoms with E-state index in [2.05, 4.69) is 17.2 Å². The Hall–Kier alpha value is -2.62. The largest absolute Gasteiger partial charge is 0.449 e. The van der Waals surface area contributed by atoms with Crippen LogP contribution in [-0.2, 0) is 4.74 Å². The number of rotatable bonds is 4. The number of para-hydroxylation sites is 2. The third-order valence-corrected chi connectivity index (χ3v) is 3.55. The summed E-state index contributed by atoms with van der Waals surface area (Å²) >= 11 is 0. The first kappa shape index (κ1) is 14.3. The fourth-order valence-corrected chi connectivity index (χ4v) is 2.42. The molecule has 1 heterocycles. The van der Waals surface area contributed by atoms with Gasteiger partial charge >= 0.3 is 6.09 Å². The predicted molar refractivity (Wildman–Crippen MR) is 89.1 cm³/mol. The Labute approximate surface area is 129 Å². The van der Waals surface area contributed by atoms with E-state index in [4.69, 9.17) is 4.74 Å². The van der Waals surface area contributed by atoms with Crippen molar-refractivity contribution >= 4 is 33.6 Å². The molecule has 22 heavy (non-hydrogen) atoms. The molecular weight excluding hydrogens is 276 g/mol. The zero-order valence-electron chi connectivity index (χ0n) is 12.5. The van der Waals surface area contributed by atoms with Gasteiger partial charge in [-0.25, -0.2) is 9.78 Å². The monoisotopic (exact) mass is 294 g/mol. The van der Waals surface area contributed by atoms with E-state index in [1.54, 1.807) is 0 Å². The highest BCUT2D eigenvalue weighted by molar-refractivity contribution is 6.11. The lowest BCUT2D eigenvalue weighted by molar-refractivity contribution is 0.160. The molecule has 3 rings (SSSR count). The minimum absolute atomic E-state index is 0.421. The standard InChI is InChI=1S/C18H18N2O2/c1-2-3-12-22-18(21)20-17-13-8-4-6-10-15(13)19-16-11-7-5-9-14(16)17/h4-11H,2-3,12H2,1H3,(H,19,20,21). The minimum atomic E-state index is -0.421. The average molecular weight is 294 g/mol. The second kappa shape index (κ2) is 6.43. The Morgan fingerprint density at radius 1 is 1.05 bits per heavy atom. The van der Waals surface area contributed by atoms with Gasteiger partial charge in [-0.2, -0.15) is 0 Å². The number of unbranched alkanes of at least 4 members (excludes halogenated alkanes) is 1. The van der Waals surface area contributed by atoms with Crippen molar-refractivity contribution in [2.45, 2.75) is 19.8 Å². The van der Waals surface area contributed by atoms with E-state index in [1.807, 2.05) is 48.5 Å². The highest BCUT2D eigenvalue weighted by Crippen LogP contribution is 2.30. The molecule has 0 unspecified atom stereocenters. The number of ether oxygens (including phenoxy) is 1. The van der Waals surface area contributed by atoms with Crippen LogP contribution in [0.15, 0.2) is 48.5 Å². The number of pyridine rings is 1. The van der Waals surface area contributed by atoms with Gasteiger partial charge in [0, 0.05) is 10.8 Å². The molecule has 0 aliphatic rings. The van der Waals surface area contributed by atoms with Crippen LogP contribution in [0.25, 0.3) is 21.8 Å². The van der Waals surface area contributed by atoms with E-state index in [9.17, 15) is 4.79 Å². The van der Waals surface area contributed by atoms with Gasteiger partial charge in [-0.05, 0) is 18.6 Å². The van der Waals surface area contributed by atoms with Crippen LogP contribution < -0.4 is 5.32 Å². The summed E-state index contributed by atoms with van der Waals surface area (Å²) in [6, 6.07) is 15.5. The lowest BCUT2D eigenvalue weighted by Gasteiger charge is -2.12. The average Bonchev–Trinajstić information content (AvgIpc) is 2.55. The highest BCUT2D eigenvalue weighted by atomic mass is 16.5. The van der Waals surface area contributed by atoms with E-state index in [0.29, 0.717) is 6.61 Å². The SMILES string of the molecule is CCCCOC(=O)Nc1c2ccccc2nc2ccccc12. The van der Waals surface area contributed by atoms with Crippen LogP contribution in [0.4, 0.5) is 10.5 Å². The Morgan fingerprint density at radius 2 is 1.64 bits per heavy atom. The molecule has 0 fully saturated rings. The maximum Gasteiger partial charge on any atom is 0.411 e. The molecule has 4 heteroatoms. The van der Waals surface area contributed by atoms with Crippen molar-refractivity contribution in [2.24, 2.45) is 0 Å². The maximum atomic E-state index is 12.0. The van der Waals surface area contributed by atoms with Gasteiger partial charge in [0.1, 0.15) is 0 Å². The fraction of sp³-hybridized carbons (Fsp3) is 0.222. The summed E-state index contributed by atoms with van der Waals surface area (Å²) in [5.41, 5.74) is 2.46. The fourth-order valence-electron chi connectivity index (χ4n) is 2.42. The summed E-state index contributed by atoms with van der Waals surface area (Å²) in [6.45, 7) is 2.49. The number of hydrogen-bond donors (Lipinski definition) is 1. The lowest BCUT2D eigenvalue weighted by atomic mass is 10.1. The molecule has 3 aromatic rings. The smallest absolute Gasteiger partial charge is 0.411 e. The lowest BCUT2D eigenvalue weighted by Crippen LogP contribution is -2.15. The summed E-state index contributed by atoms with van der Waals surface area (Å²) in [5, 5.41) is 4.71. The number of carbonyl (C=O) groups is 1. The quantitative estimate of drug-likeness (QED) is 0.558. The molecule has 1 N–H and O–H groups in total.